The highest BCUT2D eigenvalue weighted by Gasteiger charge is 2.66. The Bertz CT molecular complexity index is 2360. The number of alkyl halides is 6. The summed E-state index contributed by atoms with van der Waals surface area (Å²) in [5, 5.41) is 11.9. The molecule has 57 heavy (non-hydrogen) atoms. The van der Waals surface area contributed by atoms with Gasteiger partial charge in [-0.25, -0.2) is 4.90 Å². The van der Waals surface area contributed by atoms with Gasteiger partial charge in [-0.2, -0.15) is 26.3 Å². The first-order chi connectivity index (χ1) is 27.1. The Morgan fingerprint density at radius 1 is 0.789 bits per heavy atom. The van der Waals surface area contributed by atoms with Crippen molar-refractivity contribution in [3.8, 4) is 11.5 Å². The third kappa shape index (κ3) is 5.88. The molecule has 3 aliphatic carbocycles. The Balaban J connectivity index is 1.35. The molecule has 292 valence electrons. The predicted octanol–water partition coefficient (Wildman–Crippen LogP) is 8.86. The highest BCUT2D eigenvalue weighted by atomic mass is 19.4. The van der Waals surface area contributed by atoms with Crippen molar-refractivity contribution in [3.05, 3.63) is 143 Å². The van der Waals surface area contributed by atoms with Gasteiger partial charge in [-0.3, -0.25) is 19.2 Å². The third-order valence-corrected chi connectivity index (χ3v) is 11.8. The first kappa shape index (κ1) is 37.9. The summed E-state index contributed by atoms with van der Waals surface area (Å²) in [4.78, 5) is 59.4. The van der Waals surface area contributed by atoms with Crippen LogP contribution in [0.4, 0.5) is 32.0 Å². The molecule has 1 aliphatic heterocycles. The average molecular weight is 786 g/mol. The maximum absolute atomic E-state index is 15.2. The predicted molar refractivity (Wildman–Crippen MR) is 195 cm³/mol. The first-order valence-corrected chi connectivity index (χ1v) is 18.3. The number of Topliss-reactive ketones (excluding diaryl/α,β-unsaturated/α-hetero) is 1. The van der Waals surface area contributed by atoms with Crippen LogP contribution in [0.1, 0.15) is 53.5 Å². The topological polar surface area (TPSA) is 101 Å². The minimum Gasteiger partial charge on any atom is -0.504 e. The van der Waals surface area contributed by atoms with Crippen LogP contribution < -0.4 is 9.64 Å². The lowest BCUT2D eigenvalue weighted by molar-refractivity contribution is -0.143. The van der Waals surface area contributed by atoms with E-state index in [1.807, 2.05) is 0 Å². The molecule has 2 fully saturated rings. The van der Waals surface area contributed by atoms with E-state index in [4.69, 9.17) is 4.74 Å². The number of hydrogen-bond acceptors (Lipinski definition) is 6. The largest absolute Gasteiger partial charge is 0.504 e. The molecule has 0 unspecified atom stereocenters. The second kappa shape index (κ2) is 13.6. The van der Waals surface area contributed by atoms with Gasteiger partial charge in [0.25, 0.3) is 0 Å². The van der Waals surface area contributed by atoms with Gasteiger partial charge in [-0.1, -0.05) is 84.4 Å². The lowest BCUT2D eigenvalue weighted by atomic mass is 9.44. The van der Waals surface area contributed by atoms with Crippen LogP contribution in [0, 0.1) is 23.7 Å². The molecule has 8 rings (SSSR count). The van der Waals surface area contributed by atoms with E-state index in [0.29, 0.717) is 33.7 Å². The number of allylic oxidation sites excluding steroid dienone is 4. The van der Waals surface area contributed by atoms with E-state index in [0.717, 1.165) is 0 Å². The second-order valence-electron chi connectivity index (χ2n) is 14.7. The van der Waals surface area contributed by atoms with Gasteiger partial charge in [0.15, 0.2) is 23.1 Å². The van der Waals surface area contributed by atoms with E-state index in [1.54, 1.807) is 85.8 Å². The average Bonchev–Trinajstić information content (AvgIpc) is 3.45. The van der Waals surface area contributed by atoms with E-state index in [9.17, 15) is 41.0 Å². The van der Waals surface area contributed by atoms with Crippen LogP contribution in [0.2, 0.25) is 0 Å². The quantitative estimate of drug-likeness (QED) is 0.119. The lowest BCUT2D eigenvalue weighted by Crippen LogP contribution is -2.58. The molecule has 7 nitrogen and oxygen atoms in total. The zero-order valence-corrected chi connectivity index (χ0v) is 30.1. The fraction of sp³-hybridized carbons (Fsp3) is 0.273. The van der Waals surface area contributed by atoms with Crippen LogP contribution in [0.3, 0.4) is 0 Å². The SMILES string of the molecule is CCOc1cccc([C@H]2C3=CC[C@@H]4C(=O)N(c5cc(C(F)(F)F)cc(C(F)(F)F)c5)C(=O)[C@@H]4[C@@H]3C[C@H]3C(=O)C(c4ccccc4)=CC(=O)[C@@]23c2ccccc2)c1O. The number of hydrogen-bond donors (Lipinski definition) is 1. The molecule has 0 bridgehead atoms. The summed E-state index contributed by atoms with van der Waals surface area (Å²) in [5.74, 6) is -9.04. The van der Waals surface area contributed by atoms with E-state index >= 15 is 9.59 Å². The maximum Gasteiger partial charge on any atom is 0.416 e. The summed E-state index contributed by atoms with van der Waals surface area (Å²) >= 11 is 0. The molecule has 6 atom stereocenters. The number of aromatic hydroxyl groups is 1. The Labute approximate surface area is 322 Å². The Morgan fingerprint density at radius 2 is 1.42 bits per heavy atom. The van der Waals surface area contributed by atoms with E-state index in [2.05, 4.69) is 0 Å². The Hall–Kier alpha value is -5.98. The fourth-order valence-electron chi connectivity index (χ4n) is 9.59. The van der Waals surface area contributed by atoms with Crippen LogP contribution in [0.5, 0.6) is 11.5 Å². The van der Waals surface area contributed by atoms with Crippen LogP contribution in [-0.2, 0) is 36.9 Å². The monoisotopic (exact) mass is 785 g/mol. The van der Waals surface area contributed by atoms with Crippen molar-refractivity contribution in [2.24, 2.45) is 23.7 Å². The molecule has 1 saturated carbocycles. The maximum atomic E-state index is 15.2. The minimum absolute atomic E-state index is 0.0808. The molecular weight excluding hydrogens is 752 g/mol. The van der Waals surface area contributed by atoms with Gasteiger partial charge in [0.2, 0.25) is 11.8 Å². The lowest BCUT2D eigenvalue weighted by Gasteiger charge is -2.55. The molecular formula is C44H33F6NO6. The number of benzene rings is 4. The van der Waals surface area contributed by atoms with Crippen molar-refractivity contribution < 1.29 is 55.4 Å². The number of rotatable bonds is 6. The number of phenolic OH excluding ortho intramolecular Hbond substituents is 1. The van der Waals surface area contributed by atoms with Crippen LogP contribution in [-0.4, -0.2) is 35.1 Å². The molecule has 4 aromatic carbocycles. The molecule has 1 heterocycles. The number of ether oxygens (including phenoxy) is 1. The van der Waals surface area contributed by atoms with Crippen molar-refractivity contribution in [1.82, 2.24) is 0 Å². The van der Waals surface area contributed by atoms with E-state index in [-0.39, 0.29) is 48.2 Å². The number of ketones is 2. The number of fused-ring (bicyclic) bond motifs is 4. The molecule has 1 saturated heterocycles. The van der Waals surface area contributed by atoms with Gasteiger partial charge in [0.1, 0.15) is 0 Å². The van der Waals surface area contributed by atoms with Gasteiger partial charge >= 0.3 is 12.4 Å². The van der Waals surface area contributed by atoms with E-state index < -0.39 is 87.6 Å². The molecule has 13 heteroatoms. The van der Waals surface area contributed by atoms with Gasteiger partial charge in [-0.05, 0) is 67.2 Å². The summed E-state index contributed by atoms with van der Waals surface area (Å²) in [6, 6.07) is 22.4. The zero-order valence-electron chi connectivity index (χ0n) is 30.1. The summed E-state index contributed by atoms with van der Waals surface area (Å²) < 4.78 is 89.4. The third-order valence-electron chi connectivity index (χ3n) is 11.8. The molecule has 4 aliphatic rings. The van der Waals surface area contributed by atoms with Crippen molar-refractivity contribution in [2.45, 2.75) is 43.5 Å². The summed E-state index contributed by atoms with van der Waals surface area (Å²) in [6.45, 7) is 1.88. The number of nitrogens with zero attached hydrogens (tertiary/aromatic N) is 1. The van der Waals surface area contributed by atoms with Gasteiger partial charge in [0, 0.05) is 23.0 Å². The van der Waals surface area contributed by atoms with Crippen molar-refractivity contribution >= 4 is 34.6 Å². The number of carbonyl (C=O) groups excluding carboxylic acids is 4. The highest BCUT2D eigenvalue weighted by molar-refractivity contribution is 6.32. The number of amides is 2. The number of imide groups is 1. The second-order valence-corrected chi connectivity index (χ2v) is 14.7. The number of carbonyl (C=O) groups is 4. The minimum atomic E-state index is -5.24. The Kier molecular flexibility index (Phi) is 9.05. The highest BCUT2D eigenvalue weighted by Crippen LogP contribution is 2.65. The number of anilines is 1. The van der Waals surface area contributed by atoms with Crippen molar-refractivity contribution in [1.29, 1.82) is 0 Å². The van der Waals surface area contributed by atoms with Gasteiger partial charge in [-0.15, -0.1) is 0 Å². The zero-order chi connectivity index (χ0) is 40.6. The van der Waals surface area contributed by atoms with E-state index in [1.165, 1.54) is 12.1 Å². The standard InChI is InChI=1S/C44H33F6NO6/c1-2-57-34-15-9-14-30(39(34)54)37-28-16-17-29-36(41(56)51(40(29)55)27-19-25(43(45,46)47)18-26(20-27)44(48,49)50)32(28)21-33-38(53)31(23-10-5-3-6-11-23)22-35(52)42(33,37)24-12-7-4-8-13-24/h3-16,18-20,22,29,32-33,36-37,54H,2,17,21H2,1H3/t29-,32+,33-,36-,37+,42-/m0/s1. The van der Waals surface area contributed by atoms with Crippen LogP contribution in [0.25, 0.3) is 5.57 Å². The number of halogens is 6. The fourth-order valence-corrected chi connectivity index (χ4v) is 9.59. The smallest absolute Gasteiger partial charge is 0.416 e. The molecule has 0 radical (unpaired) electrons. The number of phenols is 1. The molecule has 0 spiro atoms. The molecule has 0 aromatic heterocycles. The summed E-state index contributed by atoms with van der Waals surface area (Å²) in [6.07, 6.45) is -7.84. The first-order valence-electron chi connectivity index (χ1n) is 18.3. The molecule has 1 N–H and O–H groups in total. The summed E-state index contributed by atoms with van der Waals surface area (Å²) in [7, 11) is 0. The van der Waals surface area contributed by atoms with Crippen molar-refractivity contribution in [3.63, 3.8) is 0 Å². The van der Waals surface area contributed by atoms with Crippen molar-refractivity contribution in [2.75, 3.05) is 11.5 Å². The molecule has 4 aromatic rings. The van der Waals surface area contributed by atoms with Crippen LogP contribution >= 0.6 is 0 Å². The van der Waals surface area contributed by atoms with Gasteiger partial charge < -0.3 is 9.84 Å². The summed E-state index contributed by atoms with van der Waals surface area (Å²) in [5.41, 5.74) is -4.32. The number of para-hydroxylation sites is 1. The van der Waals surface area contributed by atoms with Gasteiger partial charge in [0.05, 0.1) is 40.7 Å². The van der Waals surface area contributed by atoms with Crippen LogP contribution in [0.15, 0.2) is 115 Å². The normalized spacial score (nSPS) is 26.0. The molecule has 2 amide bonds. The Morgan fingerprint density at radius 3 is 2.04 bits per heavy atom.